The molecule has 2 heterocycles. The molecule has 6 nitrogen and oxygen atoms in total. The van der Waals surface area contributed by atoms with Gasteiger partial charge in [-0.3, -0.25) is 15.6 Å². The number of anilines is 2. The van der Waals surface area contributed by atoms with Gasteiger partial charge in [0.2, 0.25) is 5.91 Å². The number of nitrogens with one attached hydrogen (secondary N) is 3. The number of hydrogen-bond acceptors (Lipinski definition) is 5. The molecule has 0 saturated carbocycles. The average molecular weight is 370 g/mol. The molecule has 2 aliphatic heterocycles. The molecule has 0 spiro atoms. The molecule has 2 saturated heterocycles. The van der Waals surface area contributed by atoms with Gasteiger partial charge in [-0.25, -0.2) is 4.39 Å². The monoisotopic (exact) mass is 370 g/mol. The van der Waals surface area contributed by atoms with Crippen LogP contribution in [-0.4, -0.2) is 38.7 Å². The van der Waals surface area contributed by atoms with Crippen molar-refractivity contribution in [2.75, 3.05) is 37.0 Å². The zero-order valence-corrected chi connectivity index (χ0v) is 15.2. The normalized spacial score (nSPS) is 20.3. The zero-order valence-electron chi connectivity index (χ0n) is 15.2. The van der Waals surface area contributed by atoms with E-state index >= 15 is 0 Å². The van der Waals surface area contributed by atoms with E-state index in [-0.39, 0.29) is 23.7 Å². The van der Waals surface area contributed by atoms with Gasteiger partial charge in [0.25, 0.3) is 0 Å². The smallest absolute Gasteiger partial charge is 0.249 e. The summed E-state index contributed by atoms with van der Waals surface area (Å²) in [6.45, 7) is 1.96. The minimum absolute atomic E-state index is 0.0471. The van der Waals surface area contributed by atoms with Gasteiger partial charge < -0.3 is 15.0 Å². The molecule has 27 heavy (non-hydrogen) atoms. The summed E-state index contributed by atoms with van der Waals surface area (Å²) in [5.74, 6) is 0.529. The van der Waals surface area contributed by atoms with Crippen LogP contribution in [0, 0.1) is 5.82 Å². The third kappa shape index (κ3) is 3.61. The van der Waals surface area contributed by atoms with Crippen molar-refractivity contribution in [2.24, 2.45) is 0 Å². The van der Waals surface area contributed by atoms with Crippen LogP contribution in [0.1, 0.15) is 17.9 Å². The first-order chi connectivity index (χ1) is 13.2. The van der Waals surface area contributed by atoms with E-state index in [0.29, 0.717) is 37.3 Å². The average Bonchev–Trinajstić information content (AvgIpc) is 3.33. The van der Waals surface area contributed by atoms with Gasteiger partial charge in [-0.05, 0) is 36.2 Å². The number of hydrazine groups is 1. The minimum Gasteiger partial charge on any atom is -0.497 e. The number of methoxy groups -OCH3 is 1. The fourth-order valence-electron chi connectivity index (χ4n) is 3.68. The highest BCUT2D eigenvalue weighted by atomic mass is 19.1. The number of amides is 1. The molecule has 1 unspecified atom stereocenters. The number of carbonyl (C=O) groups is 1. The van der Waals surface area contributed by atoms with Gasteiger partial charge in [0.15, 0.2) is 0 Å². The predicted molar refractivity (Wildman–Crippen MR) is 103 cm³/mol. The molecule has 0 aromatic heterocycles. The maximum absolute atomic E-state index is 14.6. The van der Waals surface area contributed by atoms with E-state index in [1.54, 1.807) is 18.1 Å². The lowest BCUT2D eigenvalue weighted by atomic mass is 9.99. The summed E-state index contributed by atoms with van der Waals surface area (Å²) >= 11 is 0. The molecule has 0 radical (unpaired) electrons. The van der Waals surface area contributed by atoms with Crippen LogP contribution >= 0.6 is 0 Å². The fourth-order valence-corrected chi connectivity index (χ4v) is 3.68. The topological polar surface area (TPSA) is 65.6 Å². The Morgan fingerprint density at radius 1 is 1.19 bits per heavy atom. The van der Waals surface area contributed by atoms with Crippen LogP contribution in [-0.2, 0) is 4.79 Å². The highest BCUT2D eigenvalue weighted by molar-refractivity contribution is 6.01. The number of benzene rings is 2. The number of rotatable bonds is 5. The van der Waals surface area contributed by atoms with Gasteiger partial charge in [0.1, 0.15) is 17.6 Å². The molecule has 2 aliphatic rings. The Morgan fingerprint density at radius 2 is 2.00 bits per heavy atom. The summed E-state index contributed by atoms with van der Waals surface area (Å²) < 4.78 is 19.8. The summed E-state index contributed by atoms with van der Waals surface area (Å²) in [6.07, 6.45) is 0.663. The van der Waals surface area contributed by atoms with Crippen LogP contribution in [0.4, 0.5) is 15.8 Å². The molecule has 1 amide bonds. The first-order valence-electron chi connectivity index (χ1n) is 9.13. The van der Waals surface area contributed by atoms with E-state index in [1.165, 1.54) is 6.07 Å². The summed E-state index contributed by atoms with van der Waals surface area (Å²) in [5.41, 5.74) is 8.14. The van der Waals surface area contributed by atoms with E-state index in [1.807, 2.05) is 30.3 Å². The van der Waals surface area contributed by atoms with E-state index in [9.17, 15) is 9.18 Å². The molecule has 2 fully saturated rings. The molecule has 142 valence electrons. The number of nitrogens with zero attached hydrogens (tertiary/aromatic N) is 1. The van der Waals surface area contributed by atoms with E-state index in [2.05, 4.69) is 16.2 Å². The highest BCUT2D eigenvalue weighted by Gasteiger charge is 2.33. The molecule has 7 heteroatoms. The molecular weight excluding hydrogens is 347 g/mol. The van der Waals surface area contributed by atoms with Crippen molar-refractivity contribution in [2.45, 2.75) is 18.4 Å². The van der Waals surface area contributed by atoms with Crippen LogP contribution in [0.15, 0.2) is 42.5 Å². The van der Waals surface area contributed by atoms with E-state index in [0.717, 1.165) is 11.4 Å². The van der Waals surface area contributed by atoms with E-state index in [4.69, 9.17) is 4.74 Å². The first-order valence-corrected chi connectivity index (χ1v) is 9.13. The lowest BCUT2D eigenvalue weighted by Crippen LogP contribution is -2.33. The third-order valence-electron chi connectivity index (χ3n) is 5.17. The number of halogens is 1. The Hall–Kier alpha value is -2.64. The Labute approximate surface area is 157 Å². The van der Waals surface area contributed by atoms with Gasteiger partial charge in [-0.15, -0.1) is 0 Å². The van der Waals surface area contributed by atoms with Crippen LogP contribution < -0.4 is 25.8 Å². The fraction of sp³-hybridized carbons (Fsp3) is 0.350. The number of ether oxygens (including phenoxy) is 1. The van der Waals surface area contributed by atoms with Crippen LogP contribution in [0.2, 0.25) is 0 Å². The third-order valence-corrected chi connectivity index (χ3v) is 5.17. The van der Waals surface area contributed by atoms with Crippen molar-refractivity contribution in [3.05, 3.63) is 53.8 Å². The van der Waals surface area contributed by atoms with Crippen molar-refractivity contribution < 1.29 is 13.9 Å². The number of carbonyl (C=O) groups excluding carboxylic acids is 1. The maximum atomic E-state index is 14.6. The standard InChI is InChI=1S/C20H23FN4O2/c1-27-16-4-2-3-14(9-16)24-19-7-8-25(20(19)26)15-5-6-17(18(21)10-15)13-11-22-23-12-13/h2-6,9-10,13,19,22-24H,7-8,11-12H2,1H3. The quantitative estimate of drug-likeness (QED) is 0.753. The van der Waals surface area contributed by atoms with Crippen LogP contribution in [0.5, 0.6) is 5.75 Å². The highest BCUT2D eigenvalue weighted by Crippen LogP contribution is 2.29. The lowest BCUT2D eigenvalue weighted by Gasteiger charge is -2.19. The predicted octanol–water partition coefficient (Wildman–Crippen LogP) is 2.24. The molecule has 2 aromatic carbocycles. The summed E-state index contributed by atoms with van der Waals surface area (Å²) in [5, 5.41) is 3.25. The maximum Gasteiger partial charge on any atom is 0.249 e. The second-order valence-electron chi connectivity index (χ2n) is 6.87. The lowest BCUT2D eigenvalue weighted by molar-refractivity contribution is -0.117. The van der Waals surface area contributed by atoms with Crippen LogP contribution in [0.25, 0.3) is 0 Å². The van der Waals surface area contributed by atoms with Crippen molar-refractivity contribution >= 4 is 17.3 Å². The Kier molecular flexibility index (Phi) is 4.96. The Balaban J connectivity index is 1.47. The molecule has 0 bridgehead atoms. The van der Waals surface area contributed by atoms with Gasteiger partial charge >= 0.3 is 0 Å². The van der Waals surface area contributed by atoms with Crippen LogP contribution in [0.3, 0.4) is 0 Å². The molecule has 2 aromatic rings. The zero-order chi connectivity index (χ0) is 18.8. The summed E-state index contributed by atoms with van der Waals surface area (Å²) in [4.78, 5) is 14.5. The van der Waals surface area contributed by atoms with Crippen molar-refractivity contribution in [3.8, 4) is 5.75 Å². The molecule has 0 aliphatic carbocycles. The SMILES string of the molecule is COc1cccc(NC2CCN(c3ccc(C4CNNC4)c(F)c3)C2=O)c1. The van der Waals surface area contributed by atoms with Crippen molar-refractivity contribution in [3.63, 3.8) is 0 Å². The second-order valence-corrected chi connectivity index (χ2v) is 6.87. The first kappa shape index (κ1) is 17.8. The Bertz CT molecular complexity index is 838. The van der Waals surface area contributed by atoms with E-state index < -0.39 is 0 Å². The van der Waals surface area contributed by atoms with Crippen molar-refractivity contribution in [1.82, 2.24) is 10.9 Å². The van der Waals surface area contributed by atoms with Gasteiger partial charge in [0.05, 0.1) is 7.11 Å². The number of hydrogen-bond donors (Lipinski definition) is 3. The van der Waals surface area contributed by atoms with Gasteiger partial charge in [-0.2, -0.15) is 0 Å². The summed E-state index contributed by atoms with van der Waals surface area (Å²) in [6, 6.07) is 12.3. The molecule has 1 atom stereocenters. The molecular formula is C20H23FN4O2. The molecule has 4 rings (SSSR count). The second kappa shape index (κ2) is 7.54. The Morgan fingerprint density at radius 3 is 2.74 bits per heavy atom. The van der Waals surface area contributed by atoms with Crippen molar-refractivity contribution in [1.29, 1.82) is 0 Å². The minimum atomic E-state index is -0.330. The van der Waals surface area contributed by atoms with Gasteiger partial charge in [-0.1, -0.05) is 12.1 Å². The summed E-state index contributed by atoms with van der Waals surface area (Å²) in [7, 11) is 1.61. The molecule has 3 N–H and O–H groups in total. The van der Waals surface area contributed by atoms with Gasteiger partial charge in [0, 0.05) is 43.0 Å². The largest absolute Gasteiger partial charge is 0.497 e.